The van der Waals surface area contributed by atoms with Gasteiger partial charge < -0.3 is 0 Å². The number of benzene rings is 2. The second-order valence-electron chi connectivity index (χ2n) is 4.74. The monoisotopic (exact) mass is 285 g/mol. The van der Waals surface area contributed by atoms with Crippen LogP contribution in [0.1, 0.15) is 21.5 Å². The average molecular weight is 285 g/mol. The van der Waals surface area contributed by atoms with Gasteiger partial charge in [0.15, 0.2) is 0 Å². The van der Waals surface area contributed by atoms with E-state index < -0.39 is 0 Å². The zero-order valence-corrected chi connectivity index (χ0v) is 12.4. The van der Waals surface area contributed by atoms with E-state index in [1.807, 2.05) is 25.1 Å². The summed E-state index contributed by atoms with van der Waals surface area (Å²) in [6.45, 7) is 4.04. The van der Waals surface area contributed by atoms with Crippen LogP contribution in [0.3, 0.4) is 0 Å². The lowest BCUT2D eigenvalue weighted by atomic mass is 9.99. The Labute approximate surface area is 124 Å². The van der Waals surface area contributed by atoms with Gasteiger partial charge in [-0.2, -0.15) is 0 Å². The van der Waals surface area contributed by atoms with Gasteiger partial charge in [0.2, 0.25) is 6.41 Å². The summed E-state index contributed by atoms with van der Waals surface area (Å²) in [4.78, 5) is 19.9. The molecule has 1 N–H and O–H groups in total. The largest absolute Gasteiger partial charge is 0.298 e. The molecule has 0 spiro atoms. The highest BCUT2D eigenvalue weighted by molar-refractivity contribution is 5.79. The number of hydroxylamine groups is 2. The highest BCUT2D eigenvalue weighted by Gasteiger charge is 2.01. The van der Waals surface area contributed by atoms with Crippen LogP contribution in [0.4, 0.5) is 0 Å². The van der Waals surface area contributed by atoms with Gasteiger partial charge in [0.1, 0.15) is 6.29 Å². The maximum absolute atomic E-state index is 10.7. The van der Waals surface area contributed by atoms with Gasteiger partial charge in [-0.1, -0.05) is 48.0 Å². The van der Waals surface area contributed by atoms with Gasteiger partial charge in [-0.25, -0.2) is 5.06 Å². The van der Waals surface area contributed by atoms with Gasteiger partial charge in [0.25, 0.3) is 0 Å². The second-order valence-corrected chi connectivity index (χ2v) is 4.74. The number of carbonyl (C=O) groups is 2. The van der Waals surface area contributed by atoms with E-state index in [0.29, 0.717) is 11.5 Å². The number of hydrogen-bond acceptors (Lipinski definition) is 3. The lowest BCUT2D eigenvalue weighted by molar-refractivity contribution is -0.143. The number of aryl methyl sites for hydroxylation is 2. The fraction of sp³-hybridized carbons (Fsp3) is 0.176. The highest BCUT2D eigenvalue weighted by atomic mass is 16.5. The molecule has 4 nitrogen and oxygen atoms in total. The molecule has 0 aliphatic heterocycles. The molecule has 2 rings (SSSR count). The minimum absolute atomic E-state index is 0.306. The number of carbonyl (C=O) groups excluding carboxylic acids is 2. The SMILES string of the molecule is CN(O)C=O.Cc1cccc(-c2ccc(C=O)c(C)c2)c1. The Hall–Kier alpha value is -2.46. The van der Waals surface area contributed by atoms with E-state index in [4.69, 9.17) is 5.21 Å². The molecule has 1 amide bonds. The number of nitrogens with zero attached hydrogens (tertiary/aromatic N) is 1. The first kappa shape index (κ1) is 16.6. The maximum atomic E-state index is 10.7. The third-order valence-corrected chi connectivity index (χ3v) is 2.90. The topological polar surface area (TPSA) is 57.6 Å². The molecule has 0 atom stereocenters. The summed E-state index contributed by atoms with van der Waals surface area (Å²) < 4.78 is 0. The summed E-state index contributed by atoms with van der Waals surface area (Å²) in [7, 11) is 1.24. The van der Waals surface area contributed by atoms with Gasteiger partial charge in [0.05, 0.1) is 0 Å². The minimum Gasteiger partial charge on any atom is -0.298 e. The van der Waals surface area contributed by atoms with Gasteiger partial charge in [0, 0.05) is 12.6 Å². The Kier molecular flexibility index (Phi) is 6.30. The molecule has 0 heterocycles. The molecule has 0 aliphatic carbocycles. The molecular weight excluding hydrogens is 266 g/mol. The molecule has 110 valence electrons. The standard InChI is InChI=1S/C15H14O.C2H5NO2/c1-11-4-3-5-13(8-11)14-6-7-15(10-16)12(2)9-14;1-3(5)2-4/h3-10H,1-2H3;2,5H,1H3. The first-order valence-corrected chi connectivity index (χ1v) is 6.47. The lowest BCUT2D eigenvalue weighted by Gasteiger charge is -2.05. The van der Waals surface area contributed by atoms with Gasteiger partial charge >= 0.3 is 0 Å². The number of hydrogen-bond donors (Lipinski definition) is 1. The molecule has 0 aliphatic rings. The summed E-state index contributed by atoms with van der Waals surface area (Å²) in [6.07, 6.45) is 1.20. The predicted molar refractivity (Wildman–Crippen MR) is 82.4 cm³/mol. The van der Waals surface area contributed by atoms with Gasteiger partial charge in [-0.05, 0) is 30.5 Å². The first-order chi connectivity index (χ1) is 9.97. The van der Waals surface area contributed by atoms with Crippen molar-refractivity contribution in [2.75, 3.05) is 7.05 Å². The summed E-state index contributed by atoms with van der Waals surface area (Å²) in [5.74, 6) is 0. The molecule has 0 radical (unpaired) electrons. The Bertz CT molecular complexity index is 621. The molecule has 0 saturated carbocycles. The van der Waals surface area contributed by atoms with Gasteiger partial charge in [-0.3, -0.25) is 14.8 Å². The maximum Gasteiger partial charge on any atom is 0.232 e. The van der Waals surface area contributed by atoms with Crippen molar-refractivity contribution in [3.63, 3.8) is 0 Å². The fourth-order valence-electron chi connectivity index (χ4n) is 1.81. The predicted octanol–water partition coefficient (Wildman–Crippen LogP) is 3.25. The summed E-state index contributed by atoms with van der Waals surface area (Å²) in [5, 5.41) is 8.27. The Morgan fingerprint density at radius 2 is 1.62 bits per heavy atom. The van der Waals surface area contributed by atoms with Crippen molar-refractivity contribution in [2.45, 2.75) is 13.8 Å². The minimum atomic E-state index is 0.306. The Balaban J connectivity index is 0.000000383. The molecule has 21 heavy (non-hydrogen) atoms. The zero-order chi connectivity index (χ0) is 15.8. The molecule has 4 heteroatoms. The van der Waals surface area contributed by atoms with Crippen molar-refractivity contribution < 1.29 is 14.8 Å². The van der Waals surface area contributed by atoms with Crippen LogP contribution in [0, 0.1) is 13.8 Å². The molecular formula is C17H19NO3. The average Bonchev–Trinajstić information content (AvgIpc) is 2.47. The van der Waals surface area contributed by atoms with Crippen molar-refractivity contribution in [3.05, 3.63) is 59.2 Å². The zero-order valence-electron chi connectivity index (χ0n) is 12.4. The molecule has 2 aromatic carbocycles. The van der Waals surface area contributed by atoms with Crippen molar-refractivity contribution in [1.82, 2.24) is 5.06 Å². The number of aldehydes is 1. The molecule has 2 aromatic rings. The molecule has 0 bridgehead atoms. The van der Waals surface area contributed by atoms with Gasteiger partial charge in [-0.15, -0.1) is 0 Å². The number of amides is 1. The van der Waals surface area contributed by atoms with Crippen LogP contribution in [-0.2, 0) is 4.79 Å². The van der Waals surface area contributed by atoms with E-state index in [-0.39, 0.29) is 0 Å². The van der Waals surface area contributed by atoms with Crippen molar-refractivity contribution in [2.24, 2.45) is 0 Å². The number of rotatable bonds is 3. The van der Waals surface area contributed by atoms with E-state index >= 15 is 0 Å². The Morgan fingerprint density at radius 3 is 2.10 bits per heavy atom. The summed E-state index contributed by atoms with van der Waals surface area (Å²) in [6, 6.07) is 14.3. The second kappa shape index (κ2) is 7.97. The molecule has 0 saturated heterocycles. The molecule has 0 unspecified atom stereocenters. The van der Waals surface area contributed by atoms with Crippen LogP contribution in [-0.4, -0.2) is 30.0 Å². The van der Waals surface area contributed by atoms with Crippen molar-refractivity contribution in [3.8, 4) is 11.1 Å². The van der Waals surface area contributed by atoms with E-state index in [1.165, 1.54) is 18.2 Å². The van der Waals surface area contributed by atoms with Crippen LogP contribution in [0.5, 0.6) is 0 Å². The molecule has 0 aromatic heterocycles. The highest BCUT2D eigenvalue weighted by Crippen LogP contribution is 2.22. The van der Waals surface area contributed by atoms with E-state index in [2.05, 4.69) is 31.2 Å². The molecule has 0 fully saturated rings. The van der Waals surface area contributed by atoms with E-state index in [0.717, 1.165) is 23.0 Å². The van der Waals surface area contributed by atoms with Crippen LogP contribution >= 0.6 is 0 Å². The van der Waals surface area contributed by atoms with Crippen LogP contribution in [0.25, 0.3) is 11.1 Å². The summed E-state index contributed by atoms with van der Waals surface area (Å²) in [5.41, 5.74) is 5.38. The normalized spacial score (nSPS) is 9.33. The smallest absolute Gasteiger partial charge is 0.232 e. The van der Waals surface area contributed by atoms with Crippen LogP contribution < -0.4 is 0 Å². The Morgan fingerprint density at radius 1 is 1.00 bits per heavy atom. The van der Waals surface area contributed by atoms with E-state index in [9.17, 15) is 9.59 Å². The third-order valence-electron chi connectivity index (χ3n) is 2.90. The quantitative estimate of drug-likeness (QED) is 0.535. The van der Waals surface area contributed by atoms with E-state index in [1.54, 1.807) is 0 Å². The summed E-state index contributed by atoms with van der Waals surface area (Å²) >= 11 is 0. The van der Waals surface area contributed by atoms with Crippen molar-refractivity contribution in [1.29, 1.82) is 0 Å². The third kappa shape index (κ3) is 5.20. The van der Waals surface area contributed by atoms with Crippen LogP contribution in [0.15, 0.2) is 42.5 Å². The lowest BCUT2D eigenvalue weighted by Crippen LogP contribution is -2.07. The fourth-order valence-corrected chi connectivity index (χ4v) is 1.81. The first-order valence-electron chi connectivity index (χ1n) is 6.47. The van der Waals surface area contributed by atoms with Crippen molar-refractivity contribution >= 4 is 12.7 Å². The van der Waals surface area contributed by atoms with Crippen LogP contribution in [0.2, 0.25) is 0 Å².